The molecule has 1 aliphatic heterocycles. The van der Waals surface area contributed by atoms with Gasteiger partial charge in [0.15, 0.2) is 0 Å². The summed E-state index contributed by atoms with van der Waals surface area (Å²) in [6, 6.07) is 18.6. The molecule has 0 bridgehead atoms. The van der Waals surface area contributed by atoms with E-state index in [9.17, 15) is 19.1 Å². The molecule has 3 aromatic carbocycles. The molecule has 0 aliphatic carbocycles. The first-order valence-electron chi connectivity index (χ1n) is 10.6. The second-order valence-corrected chi connectivity index (χ2v) is 8.17. The van der Waals surface area contributed by atoms with E-state index in [4.69, 9.17) is 4.74 Å². The molecule has 1 saturated heterocycles. The number of carbonyl (C=O) groups excluding carboxylic acids is 2. The molecule has 6 heteroatoms. The monoisotopic (exact) mass is 445 g/mol. The summed E-state index contributed by atoms with van der Waals surface area (Å²) < 4.78 is 19.0. The topological polar surface area (TPSA) is 66.8 Å². The fraction of sp³-hybridized carbons (Fsp3) is 0.185. The van der Waals surface area contributed by atoms with Crippen molar-refractivity contribution in [3.63, 3.8) is 0 Å². The number of methoxy groups -OCH3 is 1. The maximum atomic E-state index is 13.5. The highest BCUT2D eigenvalue weighted by Crippen LogP contribution is 2.42. The van der Waals surface area contributed by atoms with Crippen molar-refractivity contribution in [3.05, 3.63) is 101 Å². The van der Waals surface area contributed by atoms with Crippen molar-refractivity contribution in [2.75, 3.05) is 12.0 Å². The van der Waals surface area contributed by atoms with Crippen LogP contribution in [0.4, 0.5) is 10.1 Å². The lowest BCUT2D eigenvalue weighted by Crippen LogP contribution is -2.29. The number of anilines is 1. The molecule has 1 amide bonds. The van der Waals surface area contributed by atoms with E-state index < -0.39 is 23.5 Å². The highest BCUT2D eigenvalue weighted by Gasteiger charge is 2.46. The standard InChI is InChI=1S/C27H24FNO4/c1-16(2)21-15-18(9-14-22(21)33-3)25(30)23-24(17-7-5-4-6-8-17)29(27(32)26(23)31)20-12-10-19(28)11-13-20/h4-16,24,30H,1-3H3/b25-23-. The molecule has 1 aliphatic rings. The lowest BCUT2D eigenvalue weighted by molar-refractivity contribution is -0.132. The third-order valence-corrected chi connectivity index (χ3v) is 5.79. The first kappa shape index (κ1) is 22.3. The highest BCUT2D eigenvalue weighted by molar-refractivity contribution is 6.51. The Hall–Kier alpha value is -3.93. The number of carbonyl (C=O) groups is 2. The first-order chi connectivity index (χ1) is 15.8. The van der Waals surface area contributed by atoms with Gasteiger partial charge in [-0.3, -0.25) is 14.5 Å². The summed E-state index contributed by atoms with van der Waals surface area (Å²) in [6.45, 7) is 4.00. The number of benzene rings is 3. The second kappa shape index (κ2) is 8.90. The molecule has 3 aromatic rings. The van der Waals surface area contributed by atoms with Crippen LogP contribution in [0.25, 0.3) is 5.76 Å². The Balaban J connectivity index is 1.93. The molecule has 33 heavy (non-hydrogen) atoms. The van der Waals surface area contributed by atoms with Gasteiger partial charge in [0.2, 0.25) is 0 Å². The predicted molar refractivity (Wildman–Crippen MR) is 125 cm³/mol. The zero-order chi connectivity index (χ0) is 23.7. The van der Waals surface area contributed by atoms with Gasteiger partial charge in [-0.2, -0.15) is 0 Å². The Bertz CT molecular complexity index is 1230. The second-order valence-electron chi connectivity index (χ2n) is 8.17. The average molecular weight is 445 g/mol. The van der Waals surface area contributed by atoms with Gasteiger partial charge in [-0.05, 0) is 59.5 Å². The number of Topliss-reactive ketones (excluding diaryl/α,β-unsaturated/α-hetero) is 1. The number of aliphatic hydroxyl groups excluding tert-OH is 1. The van der Waals surface area contributed by atoms with Crippen molar-refractivity contribution in [1.82, 2.24) is 0 Å². The number of rotatable bonds is 5. The van der Waals surface area contributed by atoms with E-state index in [0.29, 0.717) is 22.6 Å². The van der Waals surface area contributed by atoms with E-state index in [1.807, 2.05) is 19.9 Å². The summed E-state index contributed by atoms with van der Waals surface area (Å²) in [5.74, 6) is -1.52. The van der Waals surface area contributed by atoms with Crippen LogP contribution in [0.3, 0.4) is 0 Å². The third kappa shape index (κ3) is 4.00. The Labute approximate surface area is 191 Å². The van der Waals surface area contributed by atoms with Crippen molar-refractivity contribution >= 4 is 23.1 Å². The van der Waals surface area contributed by atoms with Gasteiger partial charge in [-0.1, -0.05) is 44.2 Å². The van der Waals surface area contributed by atoms with Gasteiger partial charge in [0.25, 0.3) is 11.7 Å². The van der Waals surface area contributed by atoms with E-state index in [2.05, 4.69) is 0 Å². The minimum Gasteiger partial charge on any atom is -0.507 e. The minimum absolute atomic E-state index is 0.0182. The molecule has 1 unspecified atom stereocenters. The minimum atomic E-state index is -0.860. The van der Waals surface area contributed by atoms with Gasteiger partial charge in [-0.15, -0.1) is 0 Å². The van der Waals surface area contributed by atoms with Crippen LogP contribution >= 0.6 is 0 Å². The van der Waals surface area contributed by atoms with Crippen LogP contribution in [0.15, 0.2) is 78.4 Å². The number of ether oxygens (including phenoxy) is 1. The van der Waals surface area contributed by atoms with Gasteiger partial charge < -0.3 is 9.84 Å². The van der Waals surface area contributed by atoms with Gasteiger partial charge in [0.1, 0.15) is 17.3 Å². The van der Waals surface area contributed by atoms with Crippen molar-refractivity contribution in [2.24, 2.45) is 0 Å². The predicted octanol–water partition coefficient (Wildman–Crippen LogP) is 5.58. The largest absolute Gasteiger partial charge is 0.507 e. The fourth-order valence-electron chi connectivity index (χ4n) is 4.14. The van der Waals surface area contributed by atoms with Crippen LogP contribution in [0.2, 0.25) is 0 Å². The number of amides is 1. The van der Waals surface area contributed by atoms with E-state index >= 15 is 0 Å². The van der Waals surface area contributed by atoms with Crippen molar-refractivity contribution in [2.45, 2.75) is 25.8 Å². The Kier molecular flexibility index (Phi) is 6.01. The van der Waals surface area contributed by atoms with Gasteiger partial charge in [-0.25, -0.2) is 4.39 Å². The number of halogens is 1. The zero-order valence-corrected chi connectivity index (χ0v) is 18.6. The average Bonchev–Trinajstić information content (AvgIpc) is 3.09. The van der Waals surface area contributed by atoms with E-state index in [0.717, 1.165) is 5.56 Å². The Morgan fingerprint density at radius 3 is 2.27 bits per heavy atom. The van der Waals surface area contributed by atoms with Gasteiger partial charge >= 0.3 is 0 Å². The summed E-state index contributed by atoms with van der Waals surface area (Å²) in [6.07, 6.45) is 0. The van der Waals surface area contributed by atoms with Crippen LogP contribution in [-0.4, -0.2) is 23.9 Å². The molecule has 168 valence electrons. The number of hydrogen-bond acceptors (Lipinski definition) is 4. The maximum Gasteiger partial charge on any atom is 0.300 e. The van der Waals surface area contributed by atoms with Crippen molar-refractivity contribution in [3.8, 4) is 5.75 Å². The summed E-state index contributed by atoms with van der Waals surface area (Å²) in [7, 11) is 1.57. The normalized spacial score (nSPS) is 17.6. The molecule has 5 nitrogen and oxygen atoms in total. The number of nitrogens with zero attached hydrogens (tertiary/aromatic N) is 1. The van der Waals surface area contributed by atoms with Crippen LogP contribution in [0.5, 0.6) is 5.75 Å². The van der Waals surface area contributed by atoms with E-state index in [1.165, 1.54) is 29.2 Å². The molecule has 0 saturated carbocycles. The molecule has 0 spiro atoms. The van der Waals surface area contributed by atoms with Crippen LogP contribution in [-0.2, 0) is 9.59 Å². The Morgan fingerprint density at radius 1 is 1.00 bits per heavy atom. The maximum absolute atomic E-state index is 13.5. The highest BCUT2D eigenvalue weighted by atomic mass is 19.1. The van der Waals surface area contributed by atoms with E-state index in [-0.39, 0.29) is 17.3 Å². The number of ketones is 1. The lowest BCUT2D eigenvalue weighted by atomic mass is 9.93. The molecular formula is C27H24FNO4. The van der Waals surface area contributed by atoms with Crippen LogP contribution < -0.4 is 9.64 Å². The van der Waals surface area contributed by atoms with E-state index in [1.54, 1.807) is 49.6 Å². The van der Waals surface area contributed by atoms with Crippen molar-refractivity contribution in [1.29, 1.82) is 0 Å². The van der Waals surface area contributed by atoms with Crippen LogP contribution in [0.1, 0.15) is 42.5 Å². The smallest absolute Gasteiger partial charge is 0.300 e. The Morgan fingerprint density at radius 2 is 1.67 bits per heavy atom. The van der Waals surface area contributed by atoms with Crippen molar-refractivity contribution < 1.29 is 23.8 Å². The quantitative estimate of drug-likeness (QED) is 0.316. The van der Waals surface area contributed by atoms with Crippen LogP contribution in [0, 0.1) is 5.82 Å². The lowest BCUT2D eigenvalue weighted by Gasteiger charge is -2.25. The molecule has 0 radical (unpaired) electrons. The molecule has 1 heterocycles. The molecule has 1 atom stereocenters. The van der Waals surface area contributed by atoms with Gasteiger partial charge in [0, 0.05) is 11.3 Å². The summed E-state index contributed by atoms with van der Waals surface area (Å²) in [4.78, 5) is 27.6. The van der Waals surface area contributed by atoms with Gasteiger partial charge in [0.05, 0.1) is 18.7 Å². The molecule has 0 aromatic heterocycles. The summed E-state index contributed by atoms with van der Waals surface area (Å²) >= 11 is 0. The molecule has 4 rings (SSSR count). The third-order valence-electron chi connectivity index (χ3n) is 5.79. The first-order valence-corrected chi connectivity index (χ1v) is 10.6. The molecule has 1 N–H and O–H groups in total. The molecule has 1 fully saturated rings. The fourth-order valence-corrected chi connectivity index (χ4v) is 4.14. The summed E-state index contributed by atoms with van der Waals surface area (Å²) in [5, 5.41) is 11.3. The SMILES string of the molecule is COc1ccc(/C(O)=C2/C(=O)C(=O)N(c3ccc(F)cc3)C2c2ccccc2)cc1C(C)C. The summed E-state index contributed by atoms with van der Waals surface area (Å²) in [5.41, 5.74) is 2.28. The zero-order valence-electron chi connectivity index (χ0n) is 18.6. The number of aliphatic hydroxyl groups is 1. The number of hydrogen-bond donors (Lipinski definition) is 1. The molecular weight excluding hydrogens is 421 g/mol.